The van der Waals surface area contributed by atoms with Crippen LogP contribution in [0.25, 0.3) is 0 Å². The summed E-state index contributed by atoms with van der Waals surface area (Å²) in [4.78, 5) is 27.8. The molecule has 1 aliphatic rings. The minimum atomic E-state index is -3.70. The molecule has 1 N–H and O–H groups in total. The van der Waals surface area contributed by atoms with E-state index in [0.717, 1.165) is 9.87 Å². The number of amides is 2. The van der Waals surface area contributed by atoms with Crippen molar-refractivity contribution in [1.82, 2.24) is 9.62 Å². The maximum Gasteiger partial charge on any atom is 0.247 e. The minimum absolute atomic E-state index is 0.183. The number of halogens is 1. The van der Waals surface area contributed by atoms with Crippen LogP contribution in [0.15, 0.2) is 48.5 Å². The number of nitrogens with zero attached hydrogens (tertiary/aromatic N) is 2. The van der Waals surface area contributed by atoms with E-state index in [1.807, 2.05) is 30.3 Å². The van der Waals surface area contributed by atoms with Gasteiger partial charge in [-0.1, -0.05) is 30.3 Å². The number of hydrogen-bond acceptors (Lipinski definition) is 4. The predicted molar refractivity (Wildman–Crippen MR) is 116 cm³/mol. The molecule has 1 saturated heterocycles. The molecule has 0 saturated carbocycles. The molecule has 0 unspecified atom stereocenters. The van der Waals surface area contributed by atoms with Crippen molar-refractivity contribution in [3.8, 4) is 0 Å². The number of nitrogens with one attached hydrogen (secondary N) is 1. The third-order valence-electron chi connectivity index (χ3n) is 5.48. The highest BCUT2D eigenvalue weighted by molar-refractivity contribution is 7.89. The second kappa shape index (κ2) is 8.76. The quantitative estimate of drug-likeness (QED) is 0.736. The molecule has 1 atom stereocenters. The molecule has 7 nitrogen and oxygen atoms in total. The first-order chi connectivity index (χ1) is 14.6. The highest BCUT2D eigenvalue weighted by Gasteiger charge is 2.50. The molecule has 2 aromatic carbocycles. The van der Waals surface area contributed by atoms with Gasteiger partial charge < -0.3 is 5.32 Å². The van der Waals surface area contributed by atoms with Gasteiger partial charge in [0.1, 0.15) is 11.4 Å². The summed E-state index contributed by atoms with van der Waals surface area (Å²) in [5, 5.41) is 2.82. The average Bonchev–Trinajstić information content (AvgIpc) is 2.73. The van der Waals surface area contributed by atoms with E-state index in [4.69, 9.17) is 0 Å². The molecule has 1 fully saturated rings. The van der Waals surface area contributed by atoms with Crippen LogP contribution in [0.2, 0.25) is 0 Å². The Bertz CT molecular complexity index is 1090. The maximum atomic E-state index is 13.7. The van der Waals surface area contributed by atoms with Gasteiger partial charge in [0.05, 0.1) is 12.3 Å². The zero-order valence-electron chi connectivity index (χ0n) is 17.8. The number of anilines is 1. The van der Waals surface area contributed by atoms with E-state index in [1.54, 1.807) is 6.92 Å². The number of rotatable bonds is 6. The molecule has 0 bridgehead atoms. The van der Waals surface area contributed by atoms with Gasteiger partial charge in [-0.05, 0) is 50.1 Å². The second-order valence-corrected chi connectivity index (χ2v) is 10.0. The number of piperazine rings is 1. The number of hydrogen-bond donors (Lipinski definition) is 1. The molecule has 166 valence electrons. The Morgan fingerprint density at radius 1 is 1.19 bits per heavy atom. The molecule has 2 amide bonds. The Labute approximate surface area is 181 Å². The van der Waals surface area contributed by atoms with E-state index < -0.39 is 33.2 Å². The highest BCUT2D eigenvalue weighted by Crippen LogP contribution is 2.33. The molecule has 1 heterocycles. The van der Waals surface area contributed by atoms with Gasteiger partial charge in [0, 0.05) is 18.8 Å². The predicted octanol–water partition coefficient (Wildman–Crippen LogP) is 2.21. The number of sulfonamides is 1. The van der Waals surface area contributed by atoms with Crippen molar-refractivity contribution in [3.05, 3.63) is 65.5 Å². The number of aryl methyl sites for hydroxylation is 1. The fraction of sp³-hybridized carbons (Fsp3) is 0.364. The maximum absolute atomic E-state index is 13.7. The van der Waals surface area contributed by atoms with Crippen LogP contribution in [0.5, 0.6) is 0 Å². The Kier molecular flexibility index (Phi) is 6.47. The lowest BCUT2D eigenvalue weighted by atomic mass is 9.93. The Morgan fingerprint density at radius 2 is 1.87 bits per heavy atom. The number of benzene rings is 2. The van der Waals surface area contributed by atoms with Crippen molar-refractivity contribution in [2.24, 2.45) is 0 Å². The van der Waals surface area contributed by atoms with Gasteiger partial charge in [0.25, 0.3) is 0 Å². The summed E-state index contributed by atoms with van der Waals surface area (Å²) in [5.74, 6) is -1.69. The molecule has 0 radical (unpaired) electrons. The van der Waals surface area contributed by atoms with E-state index in [9.17, 15) is 22.4 Å². The minimum Gasteiger partial charge on any atom is -0.350 e. The molecule has 3 rings (SSSR count). The molecule has 0 aliphatic carbocycles. The fourth-order valence-corrected chi connectivity index (χ4v) is 4.88. The monoisotopic (exact) mass is 447 g/mol. The lowest BCUT2D eigenvalue weighted by molar-refractivity contribution is -0.133. The summed E-state index contributed by atoms with van der Waals surface area (Å²) in [7, 11) is -3.70. The Morgan fingerprint density at radius 3 is 2.48 bits per heavy atom. The number of carbonyl (C=O) groups excluding carboxylic acids is 2. The molecule has 31 heavy (non-hydrogen) atoms. The summed E-state index contributed by atoms with van der Waals surface area (Å²) in [6.07, 6.45) is 0. The van der Waals surface area contributed by atoms with Crippen molar-refractivity contribution in [3.63, 3.8) is 0 Å². The van der Waals surface area contributed by atoms with Gasteiger partial charge in [-0.3, -0.25) is 14.5 Å². The first-order valence-corrected chi connectivity index (χ1v) is 11.6. The van der Waals surface area contributed by atoms with Gasteiger partial charge in [-0.2, -0.15) is 4.31 Å². The molecular weight excluding hydrogens is 421 g/mol. The van der Waals surface area contributed by atoms with Crippen LogP contribution in [-0.4, -0.2) is 48.9 Å². The standard InChI is InChI=1S/C22H26FN3O4S/c1-4-31(29,30)25-14-20(27)26(19-11-10-18(23)12-16(19)2)22(3,15-25)21(28)24-13-17-8-6-5-7-9-17/h5-12H,4,13-15H2,1-3H3,(H,24,28)/t22-/m0/s1. The lowest BCUT2D eigenvalue weighted by Crippen LogP contribution is -2.70. The van der Waals surface area contributed by atoms with Crippen molar-refractivity contribution in [2.75, 3.05) is 23.7 Å². The molecular formula is C22H26FN3O4S. The second-order valence-electron chi connectivity index (χ2n) is 7.77. The smallest absolute Gasteiger partial charge is 0.247 e. The third-order valence-corrected chi connectivity index (χ3v) is 7.26. The SMILES string of the molecule is CCS(=O)(=O)N1CC(=O)N(c2ccc(F)cc2C)[C@](C)(C(=O)NCc2ccccc2)C1. The molecule has 1 aliphatic heterocycles. The molecule has 2 aromatic rings. The topological polar surface area (TPSA) is 86.8 Å². The van der Waals surface area contributed by atoms with Crippen molar-refractivity contribution >= 4 is 27.5 Å². The van der Waals surface area contributed by atoms with Crippen LogP contribution >= 0.6 is 0 Å². The summed E-state index contributed by atoms with van der Waals surface area (Å²) in [6.45, 7) is 4.30. The molecule has 0 spiro atoms. The van der Waals surface area contributed by atoms with E-state index in [2.05, 4.69) is 5.32 Å². The first-order valence-electron chi connectivity index (χ1n) is 9.98. The highest BCUT2D eigenvalue weighted by atomic mass is 32.2. The largest absolute Gasteiger partial charge is 0.350 e. The normalized spacial score (nSPS) is 20.0. The van der Waals surface area contributed by atoms with Gasteiger partial charge in [0.2, 0.25) is 21.8 Å². The summed E-state index contributed by atoms with van der Waals surface area (Å²) in [5.41, 5.74) is 0.193. The zero-order chi connectivity index (χ0) is 22.8. The fourth-order valence-electron chi connectivity index (χ4n) is 3.76. The van der Waals surface area contributed by atoms with Crippen LogP contribution in [0.1, 0.15) is 25.0 Å². The van der Waals surface area contributed by atoms with Crippen LogP contribution < -0.4 is 10.2 Å². The van der Waals surface area contributed by atoms with E-state index in [0.29, 0.717) is 11.3 Å². The van der Waals surface area contributed by atoms with Crippen LogP contribution in [0, 0.1) is 12.7 Å². The summed E-state index contributed by atoms with van der Waals surface area (Å²) >= 11 is 0. The van der Waals surface area contributed by atoms with Crippen molar-refractivity contribution < 1.29 is 22.4 Å². The molecule has 9 heteroatoms. The Balaban J connectivity index is 2.01. The van der Waals surface area contributed by atoms with E-state index in [-0.39, 0.29) is 25.4 Å². The van der Waals surface area contributed by atoms with E-state index >= 15 is 0 Å². The van der Waals surface area contributed by atoms with Gasteiger partial charge in [0.15, 0.2) is 0 Å². The molecule has 0 aromatic heterocycles. The Hall–Kier alpha value is -2.78. The zero-order valence-corrected chi connectivity index (χ0v) is 18.6. The van der Waals surface area contributed by atoms with Gasteiger partial charge in [-0.15, -0.1) is 0 Å². The van der Waals surface area contributed by atoms with E-state index in [1.165, 1.54) is 36.9 Å². The van der Waals surface area contributed by atoms with Gasteiger partial charge in [-0.25, -0.2) is 12.8 Å². The van der Waals surface area contributed by atoms with Crippen molar-refractivity contribution in [1.29, 1.82) is 0 Å². The number of carbonyl (C=O) groups is 2. The average molecular weight is 448 g/mol. The summed E-state index contributed by atoms with van der Waals surface area (Å²) in [6, 6.07) is 13.2. The van der Waals surface area contributed by atoms with Crippen molar-refractivity contribution in [2.45, 2.75) is 32.9 Å². The lowest BCUT2D eigenvalue weighted by Gasteiger charge is -2.47. The first kappa shape index (κ1) is 22.9. The van der Waals surface area contributed by atoms with Crippen LogP contribution in [0.4, 0.5) is 10.1 Å². The summed E-state index contributed by atoms with van der Waals surface area (Å²) < 4.78 is 39.8. The van der Waals surface area contributed by atoms with Crippen LogP contribution in [-0.2, 0) is 26.2 Å². The van der Waals surface area contributed by atoms with Gasteiger partial charge >= 0.3 is 0 Å². The van der Waals surface area contributed by atoms with Crippen LogP contribution in [0.3, 0.4) is 0 Å². The third kappa shape index (κ3) is 4.62.